The van der Waals surface area contributed by atoms with Crippen LogP contribution in [0.3, 0.4) is 0 Å². The van der Waals surface area contributed by atoms with Crippen molar-refractivity contribution < 1.29 is 0 Å². The largest absolute Gasteiger partial charge is 0.311 e. The topological polar surface area (TPSA) is 22.8 Å². The summed E-state index contributed by atoms with van der Waals surface area (Å²) in [5, 5.41) is 5.12. The summed E-state index contributed by atoms with van der Waals surface area (Å²) in [4.78, 5) is 10.3. The van der Waals surface area contributed by atoms with Gasteiger partial charge in [0.2, 0.25) is 0 Å². The molecule has 94 heavy (non-hydrogen) atoms. The van der Waals surface area contributed by atoms with Crippen LogP contribution >= 0.6 is 0 Å². The number of hydrogen-bond acceptors (Lipinski definition) is 4. The number of nitrogens with zero attached hydrogens (tertiary/aromatic N) is 6. The van der Waals surface area contributed by atoms with Gasteiger partial charge in [0, 0.05) is 89.8 Å². The van der Waals surface area contributed by atoms with E-state index >= 15 is 0 Å². The molecule has 4 aliphatic rings. The second kappa shape index (κ2) is 20.1. The molecule has 0 saturated carbocycles. The van der Waals surface area contributed by atoms with Crippen molar-refractivity contribution in [3.05, 3.63) is 299 Å². The SMILES string of the molecule is Cc1cc(C)c2c(c1)c1cc(C)cc(C)c1n2-c1cc2c3c(c1)N(c1ccccc1)c1cc4c(cc1B3c1ccccc1N2c1ccccc1)B1c2ccccc2N(c2ccccc2)c2cc(-n3c5c(C)cc(C)cc5c5cc(C)cc(C)c53)cc(c21)N4c1ccccc1. The van der Waals surface area contributed by atoms with Crippen LogP contribution in [0.2, 0.25) is 0 Å². The summed E-state index contributed by atoms with van der Waals surface area (Å²) in [6.07, 6.45) is 0. The van der Waals surface area contributed by atoms with Crippen LogP contribution in [0.4, 0.5) is 68.2 Å². The zero-order valence-corrected chi connectivity index (χ0v) is 54.1. The number of rotatable bonds is 6. The van der Waals surface area contributed by atoms with Crippen LogP contribution in [-0.4, -0.2) is 22.6 Å². The Kier molecular flexibility index (Phi) is 11.7. The summed E-state index contributed by atoms with van der Waals surface area (Å²) in [6, 6.07) is 97.4. The van der Waals surface area contributed by atoms with E-state index in [-0.39, 0.29) is 13.4 Å². The van der Waals surface area contributed by atoms with E-state index in [0.717, 1.165) is 56.9 Å². The molecule has 0 radical (unpaired) electrons. The van der Waals surface area contributed by atoms with Crippen LogP contribution in [0.5, 0.6) is 0 Å². The van der Waals surface area contributed by atoms with Crippen LogP contribution in [0, 0.1) is 55.4 Å². The summed E-state index contributed by atoms with van der Waals surface area (Å²) >= 11 is 0. The first-order chi connectivity index (χ1) is 45.9. The molecule has 0 fully saturated rings. The number of hydrogen-bond donors (Lipinski definition) is 0. The highest BCUT2D eigenvalue weighted by atomic mass is 15.2. The van der Waals surface area contributed by atoms with E-state index in [1.165, 1.54) is 144 Å². The Balaban J connectivity index is 0.957. The smallest absolute Gasteiger partial charge is 0.252 e. The third kappa shape index (κ3) is 7.68. The highest BCUT2D eigenvalue weighted by Gasteiger charge is 2.49. The predicted molar refractivity (Wildman–Crippen MR) is 401 cm³/mol. The monoisotopic (exact) mass is 1200 g/mol. The van der Waals surface area contributed by atoms with Gasteiger partial charge < -0.3 is 28.7 Å². The molecule has 15 aromatic rings. The Labute approximate surface area is 549 Å². The number of fused-ring (bicyclic) bond motifs is 14. The average Bonchev–Trinajstić information content (AvgIpc) is 0.731. The van der Waals surface area contributed by atoms with E-state index in [0.29, 0.717) is 0 Å². The molecule has 0 aliphatic carbocycles. The molecule has 0 unspecified atom stereocenters. The minimum atomic E-state index is -0.149. The average molecular weight is 1210 g/mol. The quantitative estimate of drug-likeness (QED) is 0.155. The molecule has 6 nitrogen and oxygen atoms in total. The number of aromatic nitrogens is 2. The summed E-state index contributed by atoms with van der Waals surface area (Å²) in [7, 11) is 0. The molecular weight excluding hydrogens is 1140 g/mol. The lowest BCUT2D eigenvalue weighted by Crippen LogP contribution is -2.65. The Morgan fingerprint density at radius 1 is 0.213 bits per heavy atom. The van der Waals surface area contributed by atoms with Gasteiger partial charge in [0.1, 0.15) is 0 Å². The lowest BCUT2D eigenvalue weighted by molar-refractivity contribution is 1.14. The summed E-state index contributed by atoms with van der Waals surface area (Å²) in [5.41, 5.74) is 38.7. The fourth-order valence-corrected chi connectivity index (χ4v) is 17.6. The minimum absolute atomic E-state index is 0.149. The van der Waals surface area contributed by atoms with Crippen molar-refractivity contribution in [2.24, 2.45) is 0 Å². The summed E-state index contributed by atoms with van der Waals surface area (Å²) in [6.45, 7) is 17.8. The summed E-state index contributed by atoms with van der Waals surface area (Å²) < 4.78 is 5.19. The maximum absolute atomic E-state index is 2.66. The fourth-order valence-electron chi connectivity index (χ4n) is 17.6. The van der Waals surface area contributed by atoms with Crippen molar-refractivity contribution in [3.63, 3.8) is 0 Å². The third-order valence-corrected chi connectivity index (χ3v) is 20.9. The lowest BCUT2D eigenvalue weighted by Gasteiger charge is -2.47. The standard InChI is InChI=1S/C86H66B2N6/c1-51-37-55(5)83-65(41-51)66-42-52(2)38-56(6)84(66)93(83)63-45-77-81-79(47-63)91(61-29-17-11-18-30-61)75-50-76-72(49-71(75)87(81)69-33-21-23-35-73(69)89(77)59-25-13-9-14-26-59)88-70-34-22-24-36-74(70)90(60-27-15-10-16-28-60)78-46-64(48-80(82(78)88)92(76)62-31-19-12-20-32-62)94-85-57(7)39-53(3)43-67(85)68-44-54(4)40-58(8)86(68)94/h9-50H,1-8H3. The van der Waals surface area contributed by atoms with Gasteiger partial charge in [-0.3, -0.25) is 0 Å². The second-order valence-corrected chi connectivity index (χ2v) is 27.0. The van der Waals surface area contributed by atoms with E-state index in [1.54, 1.807) is 0 Å². The van der Waals surface area contributed by atoms with Gasteiger partial charge in [-0.2, -0.15) is 0 Å². The van der Waals surface area contributed by atoms with Crippen molar-refractivity contribution in [2.75, 3.05) is 19.6 Å². The number of para-hydroxylation sites is 6. The molecule has 13 aromatic carbocycles. The molecule has 2 aromatic heterocycles. The Bertz CT molecular complexity index is 5270. The van der Waals surface area contributed by atoms with Gasteiger partial charge >= 0.3 is 0 Å². The van der Waals surface area contributed by atoms with Crippen molar-refractivity contribution in [1.29, 1.82) is 0 Å². The normalized spacial score (nSPS) is 13.4. The molecule has 0 saturated heterocycles. The predicted octanol–water partition coefficient (Wildman–Crippen LogP) is 18.5. The summed E-state index contributed by atoms with van der Waals surface area (Å²) in [5.74, 6) is 0. The van der Waals surface area contributed by atoms with E-state index < -0.39 is 0 Å². The van der Waals surface area contributed by atoms with E-state index in [2.05, 4.69) is 339 Å². The van der Waals surface area contributed by atoms with Crippen LogP contribution in [-0.2, 0) is 0 Å². The number of anilines is 12. The van der Waals surface area contributed by atoms with Crippen molar-refractivity contribution >= 4 is 158 Å². The molecule has 0 spiro atoms. The van der Waals surface area contributed by atoms with Gasteiger partial charge in [-0.15, -0.1) is 0 Å². The van der Waals surface area contributed by atoms with Crippen LogP contribution in [0.15, 0.2) is 255 Å². The minimum Gasteiger partial charge on any atom is -0.311 e. The van der Waals surface area contributed by atoms with E-state index in [1.807, 2.05) is 0 Å². The van der Waals surface area contributed by atoms with Crippen molar-refractivity contribution in [2.45, 2.75) is 55.4 Å². The van der Waals surface area contributed by atoms with Crippen molar-refractivity contribution in [3.8, 4) is 11.4 Å². The molecular formula is C86H66B2N6. The second-order valence-electron chi connectivity index (χ2n) is 27.0. The van der Waals surface area contributed by atoms with E-state index in [4.69, 9.17) is 0 Å². The van der Waals surface area contributed by atoms with Crippen LogP contribution in [0.1, 0.15) is 44.5 Å². The Hall–Kier alpha value is -11.2. The first-order valence-corrected chi connectivity index (χ1v) is 33.1. The maximum Gasteiger partial charge on any atom is 0.252 e. The molecule has 446 valence electrons. The zero-order chi connectivity index (χ0) is 63.1. The van der Waals surface area contributed by atoms with Gasteiger partial charge in [0.05, 0.1) is 33.4 Å². The molecule has 6 heterocycles. The molecule has 4 aliphatic heterocycles. The maximum atomic E-state index is 2.66. The zero-order valence-electron chi connectivity index (χ0n) is 54.1. The van der Waals surface area contributed by atoms with Gasteiger partial charge in [0.25, 0.3) is 13.4 Å². The number of aryl methyl sites for hydroxylation is 8. The molecule has 0 bridgehead atoms. The van der Waals surface area contributed by atoms with Gasteiger partial charge in [0.15, 0.2) is 0 Å². The highest BCUT2D eigenvalue weighted by Crippen LogP contribution is 2.52. The van der Waals surface area contributed by atoms with E-state index in [9.17, 15) is 0 Å². The van der Waals surface area contributed by atoms with Crippen LogP contribution in [0.25, 0.3) is 55.0 Å². The molecule has 0 amide bonds. The van der Waals surface area contributed by atoms with Crippen molar-refractivity contribution in [1.82, 2.24) is 9.13 Å². The molecule has 19 rings (SSSR count). The van der Waals surface area contributed by atoms with Crippen LogP contribution < -0.4 is 52.4 Å². The molecule has 0 atom stereocenters. The van der Waals surface area contributed by atoms with Gasteiger partial charge in [-0.1, -0.05) is 162 Å². The first kappa shape index (κ1) is 54.5. The molecule has 8 heteroatoms. The Morgan fingerprint density at radius 3 is 0.777 bits per heavy atom. The van der Waals surface area contributed by atoms with Gasteiger partial charge in [-0.25, -0.2) is 0 Å². The van der Waals surface area contributed by atoms with Gasteiger partial charge in [-0.05, 0) is 226 Å². The number of benzene rings is 13. The first-order valence-electron chi connectivity index (χ1n) is 33.1. The Morgan fingerprint density at radius 2 is 0.479 bits per heavy atom. The lowest BCUT2D eigenvalue weighted by atomic mass is 9.30. The fraction of sp³-hybridized carbons (Fsp3) is 0.0930. The molecule has 0 N–H and O–H groups in total. The highest BCUT2D eigenvalue weighted by molar-refractivity contribution is 7.03. The third-order valence-electron chi connectivity index (χ3n) is 20.9.